The van der Waals surface area contributed by atoms with Gasteiger partial charge >= 0.3 is 15.5 Å². The summed E-state index contributed by atoms with van der Waals surface area (Å²) >= 11 is 1.03. The highest BCUT2D eigenvalue weighted by Gasteiger charge is 2.46. The van der Waals surface area contributed by atoms with Crippen LogP contribution in [0.2, 0.25) is 0 Å². The van der Waals surface area contributed by atoms with E-state index in [1.165, 1.54) is 24.8 Å². The number of hydrogen-bond donors (Lipinski definition) is 1. The molecular formula is C46H60F3N7O3S2. The van der Waals surface area contributed by atoms with Gasteiger partial charge in [0.2, 0.25) is 0 Å². The van der Waals surface area contributed by atoms with Crippen LogP contribution in [0.15, 0.2) is 87.2 Å². The van der Waals surface area contributed by atoms with Gasteiger partial charge in [-0.05, 0) is 66.8 Å². The molecule has 3 aromatic carbocycles. The number of sulfonamides is 1. The minimum Gasteiger partial charge on any atom is -0.494 e. The largest absolute Gasteiger partial charge is 0.516 e. The zero-order valence-corrected chi connectivity index (χ0v) is 37.9. The summed E-state index contributed by atoms with van der Waals surface area (Å²) in [5.74, 6) is 0.861. The third-order valence-corrected chi connectivity index (χ3v) is 12.8. The van der Waals surface area contributed by atoms with E-state index in [0.717, 1.165) is 88.4 Å². The fourth-order valence-electron chi connectivity index (χ4n) is 7.10. The monoisotopic (exact) mass is 879 g/mol. The van der Waals surface area contributed by atoms with Gasteiger partial charge in [-0.1, -0.05) is 140 Å². The Labute approximate surface area is 364 Å². The molecule has 0 aliphatic carbocycles. The lowest BCUT2D eigenvalue weighted by Gasteiger charge is -2.34. The molecule has 15 heteroatoms. The first kappa shape index (κ1) is 48.9. The Kier molecular flexibility index (Phi) is 19.2. The number of azo groups is 2. The number of hydrogen-bond acceptors (Lipinski definition) is 10. The molecule has 0 radical (unpaired) electrons. The summed E-state index contributed by atoms with van der Waals surface area (Å²) in [6.07, 6.45) is 12.2. The number of thiophene rings is 1. The Morgan fingerprint density at radius 2 is 1.41 bits per heavy atom. The average Bonchev–Trinajstić information content (AvgIpc) is 3.62. The molecule has 4 rings (SSSR count). The summed E-state index contributed by atoms with van der Waals surface area (Å²) in [5.41, 5.74) is -2.74. The average molecular weight is 880 g/mol. The second-order valence-electron chi connectivity index (χ2n) is 15.3. The Bertz CT molecular complexity index is 2170. The zero-order chi connectivity index (χ0) is 44.4. The Balaban J connectivity index is 1.87. The lowest BCUT2D eigenvalue weighted by atomic mass is 9.95. The minimum absolute atomic E-state index is 0.110. The van der Waals surface area contributed by atoms with E-state index < -0.39 is 21.2 Å². The standard InChI is InChI=1S/C46H60F3N7O3S2/c1-7-12-16-21-35-24-26-37(27-25-35)51-54-45-43(36-22-17-15-18-23-36)38(30-50)44(60-45)53-52-39-29-42(59-6)41(28-40(39)55-61(57,58)46(47,48)49)56(31-33(10-4)19-13-8-2)32-34(11-5)20-14-9-3/h15,17-18,22-29,33-34,55H,7-14,16,19-21,31-32H2,1-6H3/b53-52+,54-51?. The summed E-state index contributed by atoms with van der Waals surface area (Å²) < 4.78 is 75.0. The number of ether oxygens (including phenoxy) is 1. The number of halogens is 3. The van der Waals surface area contributed by atoms with Crippen molar-refractivity contribution in [3.05, 3.63) is 77.9 Å². The predicted molar refractivity (Wildman–Crippen MR) is 243 cm³/mol. The lowest BCUT2D eigenvalue weighted by molar-refractivity contribution is -0.0429. The third kappa shape index (κ3) is 13.8. The smallest absolute Gasteiger partial charge is 0.494 e. The van der Waals surface area contributed by atoms with Crippen LogP contribution in [-0.4, -0.2) is 34.1 Å². The van der Waals surface area contributed by atoms with Gasteiger partial charge in [0.1, 0.15) is 28.1 Å². The fraction of sp³-hybridized carbons (Fsp3) is 0.500. The van der Waals surface area contributed by atoms with Crippen molar-refractivity contribution in [2.75, 3.05) is 29.8 Å². The quantitative estimate of drug-likeness (QED) is 0.0523. The molecule has 1 N–H and O–H groups in total. The molecule has 2 atom stereocenters. The normalized spacial score (nSPS) is 13.1. The third-order valence-electron chi connectivity index (χ3n) is 10.8. The van der Waals surface area contributed by atoms with Gasteiger partial charge < -0.3 is 9.64 Å². The van der Waals surface area contributed by atoms with Crippen molar-refractivity contribution in [1.29, 1.82) is 5.26 Å². The van der Waals surface area contributed by atoms with Crippen LogP contribution in [0, 0.1) is 23.2 Å². The number of benzene rings is 3. The Hall–Kier alpha value is -4.81. The first-order chi connectivity index (χ1) is 29.3. The molecule has 1 aromatic heterocycles. The second-order valence-corrected chi connectivity index (χ2v) is 17.9. The SMILES string of the molecule is CCCCCc1ccc(N=Nc2sc(/N=N/c3cc(OC)c(N(CC(CC)CCCC)CC(CC)CCCC)cc3NS(=O)(=O)C(F)(F)F)c(C#N)c2-c2ccccc2)cc1. The molecule has 0 amide bonds. The van der Waals surface area contributed by atoms with Gasteiger partial charge in [0.05, 0.1) is 24.2 Å². The number of aryl methyl sites for hydroxylation is 1. The molecule has 0 fully saturated rings. The van der Waals surface area contributed by atoms with Gasteiger partial charge in [-0.3, -0.25) is 4.72 Å². The van der Waals surface area contributed by atoms with Crippen LogP contribution in [0.5, 0.6) is 5.75 Å². The number of unbranched alkanes of at least 4 members (excludes halogenated alkanes) is 4. The van der Waals surface area contributed by atoms with Gasteiger partial charge in [-0.25, -0.2) is 0 Å². The highest BCUT2D eigenvalue weighted by atomic mass is 32.2. The van der Waals surface area contributed by atoms with Crippen molar-refractivity contribution in [1.82, 2.24) is 0 Å². The number of rotatable bonds is 25. The topological polar surface area (TPSA) is 132 Å². The van der Waals surface area contributed by atoms with E-state index in [1.807, 2.05) is 54.6 Å². The Morgan fingerprint density at radius 3 is 1.95 bits per heavy atom. The van der Waals surface area contributed by atoms with Crippen LogP contribution in [0.1, 0.15) is 116 Å². The zero-order valence-electron chi connectivity index (χ0n) is 36.3. The maximum absolute atomic E-state index is 14.0. The van der Waals surface area contributed by atoms with E-state index >= 15 is 0 Å². The van der Waals surface area contributed by atoms with E-state index in [4.69, 9.17) is 4.74 Å². The van der Waals surface area contributed by atoms with E-state index in [1.54, 1.807) is 4.72 Å². The van der Waals surface area contributed by atoms with E-state index in [-0.39, 0.29) is 28.1 Å². The summed E-state index contributed by atoms with van der Waals surface area (Å²) in [5, 5.41) is 28.7. The first-order valence-electron chi connectivity index (χ1n) is 21.4. The molecule has 0 saturated carbocycles. The number of anilines is 2. The Morgan fingerprint density at radius 1 is 0.803 bits per heavy atom. The first-order valence-corrected chi connectivity index (χ1v) is 23.7. The minimum atomic E-state index is -5.88. The molecule has 61 heavy (non-hydrogen) atoms. The molecule has 1 heterocycles. The van der Waals surface area contributed by atoms with Crippen molar-refractivity contribution in [2.24, 2.45) is 32.3 Å². The number of nitrogens with one attached hydrogen (secondary N) is 1. The van der Waals surface area contributed by atoms with Crippen molar-refractivity contribution in [2.45, 2.75) is 117 Å². The van der Waals surface area contributed by atoms with E-state index in [9.17, 15) is 26.9 Å². The van der Waals surface area contributed by atoms with Crippen LogP contribution in [0.3, 0.4) is 0 Å². The highest BCUT2D eigenvalue weighted by molar-refractivity contribution is 7.93. The molecule has 0 aliphatic heterocycles. The summed E-state index contributed by atoms with van der Waals surface area (Å²) in [6.45, 7) is 11.9. The molecular weight excluding hydrogens is 820 g/mol. The molecule has 0 spiro atoms. The highest BCUT2D eigenvalue weighted by Crippen LogP contribution is 2.49. The van der Waals surface area contributed by atoms with Gasteiger partial charge in [0.25, 0.3) is 0 Å². The van der Waals surface area contributed by atoms with Crippen molar-refractivity contribution in [3.63, 3.8) is 0 Å². The molecule has 0 saturated heterocycles. The molecule has 0 bridgehead atoms. The van der Waals surface area contributed by atoms with E-state index in [2.05, 4.69) is 66.0 Å². The van der Waals surface area contributed by atoms with Crippen LogP contribution in [0.4, 0.5) is 45.9 Å². The molecule has 330 valence electrons. The maximum atomic E-state index is 14.0. The number of alkyl halides is 3. The maximum Gasteiger partial charge on any atom is 0.516 e. The fourth-order valence-corrected chi connectivity index (χ4v) is 8.59. The molecule has 2 unspecified atom stereocenters. The van der Waals surface area contributed by atoms with Crippen LogP contribution in [-0.2, 0) is 16.4 Å². The van der Waals surface area contributed by atoms with Crippen molar-refractivity contribution >= 4 is 54.1 Å². The number of methoxy groups -OCH3 is 1. The lowest BCUT2D eigenvalue weighted by Crippen LogP contribution is -2.34. The van der Waals surface area contributed by atoms with Gasteiger partial charge in [-0.15, -0.1) is 20.5 Å². The summed E-state index contributed by atoms with van der Waals surface area (Å²) in [4.78, 5) is 2.12. The van der Waals surface area contributed by atoms with Gasteiger partial charge in [-0.2, -0.15) is 26.9 Å². The van der Waals surface area contributed by atoms with Crippen molar-refractivity contribution < 1.29 is 26.3 Å². The molecule has 4 aromatic rings. The van der Waals surface area contributed by atoms with Crippen LogP contribution < -0.4 is 14.4 Å². The predicted octanol–water partition coefficient (Wildman–Crippen LogP) is 15.4. The molecule has 0 aliphatic rings. The van der Waals surface area contributed by atoms with Gasteiger partial charge in [0.15, 0.2) is 5.00 Å². The van der Waals surface area contributed by atoms with Gasteiger partial charge in [0, 0.05) is 24.7 Å². The summed E-state index contributed by atoms with van der Waals surface area (Å²) in [7, 11) is -4.42. The van der Waals surface area contributed by atoms with Crippen LogP contribution in [0.25, 0.3) is 11.1 Å². The number of nitriles is 1. The molecule has 10 nitrogen and oxygen atoms in total. The van der Waals surface area contributed by atoms with E-state index in [0.29, 0.717) is 46.3 Å². The van der Waals surface area contributed by atoms with Crippen LogP contribution >= 0.6 is 11.3 Å². The summed E-state index contributed by atoms with van der Waals surface area (Å²) in [6, 6.07) is 21.9. The second kappa shape index (κ2) is 24.0. The van der Waals surface area contributed by atoms with Crippen molar-refractivity contribution in [3.8, 4) is 22.9 Å². The number of nitrogens with zero attached hydrogens (tertiary/aromatic N) is 6.